The highest BCUT2D eigenvalue weighted by atomic mass is 16.5. The minimum Gasteiger partial charge on any atom is -0.368 e. The Balaban J connectivity index is 1.53. The smallest absolute Gasteiger partial charge is 0.272 e. The second-order valence-electron chi connectivity index (χ2n) is 6.88. The maximum Gasteiger partial charge on any atom is 0.272 e. The standard InChI is InChI=1S/C17H22N4O2/c1-12-9-21(11-17(23-12)5-3-6-17)16(22)15-8-14(18-19-15)13-4-7-20(2)10-13/h4,7-8,10,12H,3,5-6,9,11H2,1-2H3,(H,18,19). The first kappa shape index (κ1) is 14.5. The molecule has 1 spiro atoms. The average molecular weight is 314 g/mol. The molecule has 6 heteroatoms. The summed E-state index contributed by atoms with van der Waals surface area (Å²) in [5.74, 6) is 0.0149. The van der Waals surface area contributed by atoms with Gasteiger partial charge in [-0.3, -0.25) is 9.89 Å². The molecule has 1 amide bonds. The molecule has 1 unspecified atom stereocenters. The second-order valence-corrected chi connectivity index (χ2v) is 6.88. The van der Waals surface area contributed by atoms with E-state index >= 15 is 0 Å². The van der Waals surface area contributed by atoms with Crippen molar-refractivity contribution in [3.8, 4) is 11.3 Å². The summed E-state index contributed by atoms with van der Waals surface area (Å²) >= 11 is 0. The van der Waals surface area contributed by atoms with Crippen molar-refractivity contribution in [3.63, 3.8) is 0 Å². The number of ether oxygens (including phenoxy) is 1. The molecule has 1 N–H and O–H groups in total. The summed E-state index contributed by atoms with van der Waals surface area (Å²) in [6.07, 6.45) is 7.35. The summed E-state index contributed by atoms with van der Waals surface area (Å²) in [6, 6.07) is 3.83. The lowest BCUT2D eigenvalue weighted by atomic mass is 9.78. The van der Waals surface area contributed by atoms with E-state index in [1.165, 1.54) is 6.42 Å². The molecule has 1 saturated heterocycles. The fraction of sp³-hybridized carbons (Fsp3) is 0.529. The lowest BCUT2D eigenvalue weighted by Gasteiger charge is -2.50. The number of carbonyl (C=O) groups is 1. The number of nitrogens with one attached hydrogen (secondary N) is 1. The van der Waals surface area contributed by atoms with Gasteiger partial charge in [-0.15, -0.1) is 0 Å². The lowest BCUT2D eigenvalue weighted by molar-refractivity contribution is -0.176. The van der Waals surface area contributed by atoms with E-state index in [2.05, 4.69) is 10.2 Å². The first-order valence-corrected chi connectivity index (χ1v) is 8.20. The number of nitrogens with zero attached hydrogens (tertiary/aromatic N) is 3. The number of H-pyrrole nitrogens is 1. The normalized spacial score (nSPS) is 23.0. The second kappa shape index (κ2) is 5.23. The van der Waals surface area contributed by atoms with Crippen molar-refractivity contribution in [2.75, 3.05) is 13.1 Å². The molecule has 0 aromatic carbocycles. The van der Waals surface area contributed by atoms with Crippen LogP contribution in [0.3, 0.4) is 0 Å². The molecule has 1 aliphatic carbocycles. The molecular weight excluding hydrogens is 292 g/mol. The van der Waals surface area contributed by atoms with Crippen LogP contribution in [0.4, 0.5) is 0 Å². The third-order valence-electron chi connectivity index (χ3n) is 4.90. The van der Waals surface area contributed by atoms with Crippen LogP contribution in [0.15, 0.2) is 24.5 Å². The van der Waals surface area contributed by atoms with E-state index in [1.54, 1.807) is 0 Å². The van der Waals surface area contributed by atoms with Gasteiger partial charge in [0.1, 0.15) is 5.69 Å². The lowest BCUT2D eigenvalue weighted by Crippen LogP contribution is -2.59. The number of carbonyl (C=O) groups excluding carboxylic acids is 1. The number of aromatic nitrogens is 3. The Bertz CT molecular complexity index is 729. The molecule has 2 aromatic heterocycles. The summed E-state index contributed by atoms with van der Waals surface area (Å²) < 4.78 is 8.05. The number of aromatic amines is 1. The van der Waals surface area contributed by atoms with Crippen molar-refractivity contribution in [2.45, 2.75) is 37.9 Å². The Kier molecular flexibility index (Phi) is 3.30. The van der Waals surface area contributed by atoms with Crippen molar-refractivity contribution in [1.29, 1.82) is 0 Å². The summed E-state index contributed by atoms with van der Waals surface area (Å²) in [5.41, 5.74) is 2.25. The van der Waals surface area contributed by atoms with E-state index in [1.807, 2.05) is 48.0 Å². The predicted molar refractivity (Wildman–Crippen MR) is 86.0 cm³/mol. The van der Waals surface area contributed by atoms with Gasteiger partial charge in [0.05, 0.1) is 23.9 Å². The van der Waals surface area contributed by atoms with Gasteiger partial charge >= 0.3 is 0 Å². The number of hydrogen-bond acceptors (Lipinski definition) is 3. The molecule has 4 rings (SSSR count). The Morgan fingerprint density at radius 2 is 2.30 bits per heavy atom. The highest BCUT2D eigenvalue weighted by Crippen LogP contribution is 2.40. The highest BCUT2D eigenvalue weighted by molar-refractivity contribution is 5.93. The van der Waals surface area contributed by atoms with Gasteiger partial charge in [-0.1, -0.05) is 0 Å². The number of amides is 1. The molecule has 1 saturated carbocycles. The molecule has 23 heavy (non-hydrogen) atoms. The van der Waals surface area contributed by atoms with E-state index in [9.17, 15) is 4.79 Å². The fourth-order valence-corrected chi connectivity index (χ4v) is 3.63. The minimum atomic E-state index is -0.102. The van der Waals surface area contributed by atoms with Gasteiger partial charge in [-0.25, -0.2) is 0 Å². The van der Waals surface area contributed by atoms with Gasteiger partial charge in [-0.2, -0.15) is 5.10 Å². The van der Waals surface area contributed by atoms with Crippen molar-refractivity contribution in [1.82, 2.24) is 19.7 Å². The summed E-state index contributed by atoms with van der Waals surface area (Å²) in [4.78, 5) is 14.7. The summed E-state index contributed by atoms with van der Waals surface area (Å²) in [5, 5.41) is 7.19. The van der Waals surface area contributed by atoms with Gasteiger partial charge in [0, 0.05) is 31.5 Å². The van der Waals surface area contributed by atoms with Crippen LogP contribution in [0.2, 0.25) is 0 Å². The quantitative estimate of drug-likeness (QED) is 0.924. The monoisotopic (exact) mass is 314 g/mol. The van der Waals surface area contributed by atoms with Crippen molar-refractivity contribution < 1.29 is 9.53 Å². The van der Waals surface area contributed by atoms with Crippen molar-refractivity contribution >= 4 is 5.91 Å². The molecular formula is C17H22N4O2. The molecule has 1 atom stereocenters. The molecule has 1 aliphatic heterocycles. The first-order chi connectivity index (χ1) is 11.0. The van der Waals surface area contributed by atoms with Crippen molar-refractivity contribution in [2.24, 2.45) is 7.05 Å². The summed E-state index contributed by atoms with van der Waals surface area (Å²) in [6.45, 7) is 3.37. The molecule has 0 radical (unpaired) electrons. The van der Waals surface area contributed by atoms with Crippen molar-refractivity contribution in [3.05, 3.63) is 30.2 Å². The minimum absolute atomic E-state index is 0.0149. The molecule has 0 bridgehead atoms. The molecule has 2 fully saturated rings. The highest BCUT2D eigenvalue weighted by Gasteiger charge is 2.45. The van der Waals surface area contributed by atoms with Gasteiger partial charge < -0.3 is 14.2 Å². The Labute approximate surface area is 135 Å². The van der Waals surface area contributed by atoms with Gasteiger partial charge in [0.15, 0.2) is 0 Å². The van der Waals surface area contributed by atoms with Crippen LogP contribution < -0.4 is 0 Å². The van der Waals surface area contributed by atoms with Gasteiger partial charge in [0.2, 0.25) is 0 Å². The zero-order chi connectivity index (χ0) is 16.0. The van der Waals surface area contributed by atoms with E-state index in [4.69, 9.17) is 4.74 Å². The topological polar surface area (TPSA) is 63.2 Å². The van der Waals surface area contributed by atoms with E-state index in [0.29, 0.717) is 18.8 Å². The molecule has 122 valence electrons. The van der Waals surface area contributed by atoms with Crippen LogP contribution in [0, 0.1) is 0 Å². The summed E-state index contributed by atoms with van der Waals surface area (Å²) in [7, 11) is 1.97. The maximum absolute atomic E-state index is 12.8. The Morgan fingerprint density at radius 1 is 1.48 bits per heavy atom. The van der Waals surface area contributed by atoms with Gasteiger partial charge in [0.25, 0.3) is 5.91 Å². The molecule has 2 aromatic rings. The number of morpholine rings is 1. The van der Waals surface area contributed by atoms with Crippen LogP contribution in [-0.2, 0) is 11.8 Å². The number of rotatable bonds is 2. The van der Waals surface area contributed by atoms with Crippen LogP contribution in [0.25, 0.3) is 11.3 Å². The zero-order valence-electron chi connectivity index (χ0n) is 13.6. The zero-order valence-corrected chi connectivity index (χ0v) is 13.6. The number of hydrogen-bond donors (Lipinski definition) is 1. The van der Waals surface area contributed by atoms with Crippen LogP contribution >= 0.6 is 0 Å². The van der Waals surface area contributed by atoms with Gasteiger partial charge in [-0.05, 0) is 38.3 Å². The fourth-order valence-electron chi connectivity index (χ4n) is 3.63. The van der Waals surface area contributed by atoms with Crippen LogP contribution in [0.5, 0.6) is 0 Å². The third-order valence-corrected chi connectivity index (χ3v) is 4.90. The Morgan fingerprint density at radius 3 is 2.96 bits per heavy atom. The van der Waals surface area contributed by atoms with E-state index in [0.717, 1.165) is 24.1 Å². The first-order valence-electron chi connectivity index (χ1n) is 8.20. The average Bonchev–Trinajstić information content (AvgIpc) is 3.13. The van der Waals surface area contributed by atoms with E-state index in [-0.39, 0.29) is 17.6 Å². The third kappa shape index (κ3) is 2.57. The molecule has 6 nitrogen and oxygen atoms in total. The molecule has 2 aliphatic rings. The molecule has 3 heterocycles. The predicted octanol–water partition coefficient (Wildman–Crippen LogP) is 2.20. The maximum atomic E-state index is 12.8. The SMILES string of the molecule is CC1CN(C(=O)c2cc(-c3ccn(C)c3)n[nH]2)CC2(CCC2)O1. The largest absolute Gasteiger partial charge is 0.368 e. The number of aryl methyl sites for hydroxylation is 1. The van der Waals surface area contributed by atoms with Crippen LogP contribution in [0.1, 0.15) is 36.7 Å². The van der Waals surface area contributed by atoms with Crippen LogP contribution in [-0.4, -0.2) is 50.4 Å². The van der Waals surface area contributed by atoms with E-state index < -0.39 is 0 Å². The Hall–Kier alpha value is -2.08.